The molecular formula is C21H20N4O2S. The van der Waals surface area contributed by atoms with Gasteiger partial charge in [0.1, 0.15) is 0 Å². The molecule has 0 aliphatic carbocycles. The molecule has 1 aliphatic rings. The highest BCUT2D eigenvalue weighted by Gasteiger charge is 2.40. The Morgan fingerprint density at radius 3 is 2.79 bits per heavy atom. The Hall–Kier alpha value is -3.19. The summed E-state index contributed by atoms with van der Waals surface area (Å²) in [6, 6.07) is 16.6. The van der Waals surface area contributed by atoms with Crippen molar-refractivity contribution in [3.63, 3.8) is 0 Å². The van der Waals surface area contributed by atoms with E-state index in [9.17, 15) is 9.90 Å². The van der Waals surface area contributed by atoms with Gasteiger partial charge in [0, 0.05) is 30.3 Å². The zero-order valence-electron chi connectivity index (χ0n) is 15.3. The summed E-state index contributed by atoms with van der Waals surface area (Å²) in [6.07, 6.45) is 3.72. The van der Waals surface area contributed by atoms with E-state index in [1.54, 1.807) is 24.4 Å². The van der Waals surface area contributed by atoms with E-state index in [0.717, 1.165) is 23.6 Å². The molecule has 0 radical (unpaired) electrons. The fourth-order valence-electron chi connectivity index (χ4n) is 3.73. The highest BCUT2D eigenvalue weighted by Crippen LogP contribution is 2.39. The monoisotopic (exact) mass is 392 g/mol. The van der Waals surface area contributed by atoms with E-state index in [4.69, 9.17) is 12.2 Å². The molecule has 0 amide bonds. The van der Waals surface area contributed by atoms with Gasteiger partial charge in [0.05, 0.1) is 23.3 Å². The molecule has 0 saturated carbocycles. The summed E-state index contributed by atoms with van der Waals surface area (Å²) < 4.78 is 2.02. The number of rotatable bonds is 5. The van der Waals surface area contributed by atoms with Crippen molar-refractivity contribution in [2.24, 2.45) is 0 Å². The number of pyridine rings is 1. The fourth-order valence-corrected chi connectivity index (χ4v) is 4.10. The van der Waals surface area contributed by atoms with Crippen LogP contribution in [-0.4, -0.2) is 37.2 Å². The molecule has 142 valence electrons. The highest BCUT2D eigenvalue weighted by molar-refractivity contribution is 7.80. The number of thiocarbonyl (C=S) groups is 1. The summed E-state index contributed by atoms with van der Waals surface area (Å²) in [5.74, 6) is -0.944. The highest BCUT2D eigenvalue weighted by atomic mass is 32.1. The largest absolute Gasteiger partial charge is 0.478 e. The Balaban J connectivity index is 1.81. The first-order valence-electron chi connectivity index (χ1n) is 9.09. The average Bonchev–Trinajstić information content (AvgIpc) is 3.32. The topological polar surface area (TPSA) is 70.4 Å². The van der Waals surface area contributed by atoms with Crippen LogP contribution in [0.3, 0.4) is 0 Å². The van der Waals surface area contributed by atoms with E-state index in [0.29, 0.717) is 5.11 Å². The van der Waals surface area contributed by atoms with Gasteiger partial charge in [-0.15, -0.1) is 0 Å². The molecule has 3 heterocycles. The van der Waals surface area contributed by atoms with Crippen LogP contribution in [0, 0.1) is 0 Å². The lowest BCUT2D eigenvalue weighted by Crippen LogP contribution is -2.30. The first kappa shape index (κ1) is 18.2. The number of carboxylic acids is 1. The molecular weight excluding hydrogens is 372 g/mol. The van der Waals surface area contributed by atoms with Crippen LogP contribution in [0.25, 0.3) is 5.69 Å². The second-order valence-electron chi connectivity index (χ2n) is 6.57. The number of likely N-dealkylation sites (N-methyl/N-ethyl adjacent to an activating group) is 1. The first-order chi connectivity index (χ1) is 13.6. The summed E-state index contributed by atoms with van der Waals surface area (Å²) >= 11 is 5.58. The summed E-state index contributed by atoms with van der Waals surface area (Å²) in [7, 11) is 0. The third-order valence-corrected chi connectivity index (χ3v) is 5.35. The molecule has 6 nitrogen and oxygen atoms in total. The molecule has 1 saturated heterocycles. The standard InChI is InChI=1S/C21H20N4O2S/c1-2-24-19(18(23-21(24)28)16-9-3-4-11-22-16)17-10-6-12-25(17)15-8-5-7-14(13-15)20(26)27/h3-13,18-19H,2H2,1H3,(H,23,28)(H,26,27)/t18-,19-/m1/s1. The maximum Gasteiger partial charge on any atom is 0.335 e. The van der Waals surface area contributed by atoms with Gasteiger partial charge >= 0.3 is 5.97 Å². The van der Waals surface area contributed by atoms with E-state index in [1.165, 1.54) is 0 Å². The minimum atomic E-state index is -0.944. The Kier molecular flexibility index (Phi) is 4.83. The Bertz CT molecular complexity index is 1020. The number of carboxylic acid groups (broad SMARTS) is 1. The number of aromatic carboxylic acids is 1. The Labute approximate surface area is 168 Å². The summed E-state index contributed by atoms with van der Waals surface area (Å²) in [4.78, 5) is 18.1. The lowest BCUT2D eigenvalue weighted by Gasteiger charge is -2.28. The maximum absolute atomic E-state index is 11.4. The van der Waals surface area contributed by atoms with Crippen molar-refractivity contribution in [1.29, 1.82) is 0 Å². The van der Waals surface area contributed by atoms with Gasteiger partial charge in [-0.2, -0.15) is 0 Å². The molecule has 2 atom stereocenters. The Morgan fingerprint density at radius 1 is 1.21 bits per heavy atom. The maximum atomic E-state index is 11.4. The number of aromatic nitrogens is 2. The lowest BCUT2D eigenvalue weighted by molar-refractivity contribution is 0.0697. The van der Waals surface area contributed by atoms with E-state index < -0.39 is 5.97 Å². The van der Waals surface area contributed by atoms with Gasteiger partial charge in [-0.05, 0) is 61.6 Å². The van der Waals surface area contributed by atoms with Crippen molar-refractivity contribution >= 4 is 23.3 Å². The van der Waals surface area contributed by atoms with Crippen LogP contribution in [0.5, 0.6) is 0 Å². The molecule has 1 aliphatic heterocycles. The molecule has 4 rings (SSSR count). The summed E-state index contributed by atoms with van der Waals surface area (Å²) in [5.41, 5.74) is 2.99. The molecule has 0 unspecified atom stereocenters. The van der Waals surface area contributed by atoms with Gasteiger partial charge in [0.25, 0.3) is 0 Å². The van der Waals surface area contributed by atoms with E-state index >= 15 is 0 Å². The van der Waals surface area contributed by atoms with Crippen LogP contribution in [0.1, 0.15) is 40.8 Å². The number of nitrogens with one attached hydrogen (secondary N) is 1. The molecule has 2 aromatic heterocycles. The van der Waals surface area contributed by atoms with E-state index in [-0.39, 0.29) is 17.6 Å². The smallest absolute Gasteiger partial charge is 0.335 e. The third kappa shape index (κ3) is 3.14. The first-order valence-corrected chi connectivity index (χ1v) is 9.50. The number of hydrogen-bond acceptors (Lipinski definition) is 3. The van der Waals surface area contributed by atoms with Gasteiger partial charge in [-0.1, -0.05) is 12.1 Å². The predicted molar refractivity (Wildman–Crippen MR) is 111 cm³/mol. The average molecular weight is 392 g/mol. The SMILES string of the molecule is CCN1C(=S)N[C@H](c2ccccn2)[C@H]1c1cccn1-c1cccc(C(=O)O)c1. The van der Waals surface area contributed by atoms with Gasteiger partial charge in [0.15, 0.2) is 5.11 Å². The van der Waals surface area contributed by atoms with Crippen LogP contribution < -0.4 is 5.32 Å². The zero-order chi connectivity index (χ0) is 19.7. The minimum Gasteiger partial charge on any atom is -0.478 e. The van der Waals surface area contributed by atoms with Gasteiger partial charge < -0.3 is 19.9 Å². The number of benzene rings is 1. The number of hydrogen-bond donors (Lipinski definition) is 2. The van der Waals surface area contributed by atoms with Crippen molar-refractivity contribution in [3.05, 3.63) is 83.9 Å². The Morgan fingerprint density at radius 2 is 2.07 bits per heavy atom. The summed E-state index contributed by atoms with van der Waals surface area (Å²) in [6.45, 7) is 2.82. The molecule has 1 fully saturated rings. The second kappa shape index (κ2) is 7.44. The van der Waals surface area contributed by atoms with Gasteiger partial charge in [0.2, 0.25) is 0 Å². The molecule has 2 N–H and O–H groups in total. The van der Waals surface area contributed by atoms with Crippen LogP contribution in [0.2, 0.25) is 0 Å². The minimum absolute atomic E-state index is 0.0594. The van der Waals surface area contributed by atoms with Crippen molar-refractivity contribution in [2.75, 3.05) is 6.54 Å². The van der Waals surface area contributed by atoms with Gasteiger partial charge in [-0.25, -0.2) is 4.79 Å². The second-order valence-corrected chi connectivity index (χ2v) is 6.96. The van der Waals surface area contributed by atoms with E-state index in [2.05, 4.69) is 22.1 Å². The fraction of sp³-hybridized carbons (Fsp3) is 0.190. The van der Waals surface area contributed by atoms with Crippen molar-refractivity contribution in [2.45, 2.75) is 19.0 Å². The van der Waals surface area contributed by atoms with E-state index in [1.807, 2.05) is 47.2 Å². The molecule has 28 heavy (non-hydrogen) atoms. The van der Waals surface area contributed by atoms with Gasteiger partial charge in [-0.3, -0.25) is 4.98 Å². The van der Waals surface area contributed by atoms with Crippen molar-refractivity contribution in [3.8, 4) is 5.69 Å². The predicted octanol–water partition coefficient (Wildman–Crippen LogP) is 3.56. The quantitative estimate of drug-likeness (QED) is 0.647. The molecule has 3 aromatic rings. The summed E-state index contributed by atoms with van der Waals surface area (Å²) in [5, 5.41) is 13.4. The van der Waals surface area contributed by atoms with Crippen LogP contribution in [-0.2, 0) is 0 Å². The van der Waals surface area contributed by atoms with Crippen LogP contribution >= 0.6 is 12.2 Å². The zero-order valence-corrected chi connectivity index (χ0v) is 16.1. The molecule has 7 heteroatoms. The third-order valence-electron chi connectivity index (χ3n) is 4.99. The number of nitrogens with zero attached hydrogens (tertiary/aromatic N) is 3. The van der Waals surface area contributed by atoms with Crippen LogP contribution in [0.4, 0.5) is 0 Å². The normalized spacial score (nSPS) is 18.9. The lowest BCUT2D eigenvalue weighted by atomic mass is 10.0. The molecule has 0 bridgehead atoms. The van der Waals surface area contributed by atoms with Crippen molar-refractivity contribution in [1.82, 2.24) is 19.8 Å². The molecule has 0 spiro atoms. The van der Waals surface area contributed by atoms with Crippen molar-refractivity contribution < 1.29 is 9.90 Å². The number of carbonyl (C=O) groups is 1. The molecule has 1 aromatic carbocycles. The van der Waals surface area contributed by atoms with Crippen LogP contribution in [0.15, 0.2) is 67.0 Å².